The SMILES string of the molecule is CN(CC1CC2CCC1C2)c1cccc2c1CNCC2. The monoisotopic (exact) mass is 270 g/mol. The van der Waals surface area contributed by atoms with Crippen LogP contribution in [-0.2, 0) is 13.0 Å². The van der Waals surface area contributed by atoms with Crippen molar-refractivity contribution in [3.8, 4) is 0 Å². The molecule has 0 radical (unpaired) electrons. The maximum Gasteiger partial charge on any atom is 0.0412 e. The summed E-state index contributed by atoms with van der Waals surface area (Å²) in [6.07, 6.45) is 7.20. The predicted octanol–water partition coefficient (Wildman–Crippen LogP) is 3.20. The lowest BCUT2D eigenvalue weighted by molar-refractivity contribution is 0.337. The lowest BCUT2D eigenvalue weighted by Gasteiger charge is -2.31. The summed E-state index contributed by atoms with van der Waals surface area (Å²) in [6, 6.07) is 6.88. The molecule has 0 spiro atoms. The van der Waals surface area contributed by atoms with Crippen molar-refractivity contribution >= 4 is 5.69 Å². The van der Waals surface area contributed by atoms with E-state index in [0.717, 1.165) is 30.8 Å². The first-order valence-corrected chi connectivity index (χ1v) is 8.34. The van der Waals surface area contributed by atoms with Gasteiger partial charge in [-0.15, -0.1) is 0 Å². The van der Waals surface area contributed by atoms with Crippen molar-refractivity contribution in [1.82, 2.24) is 5.32 Å². The van der Waals surface area contributed by atoms with Crippen LogP contribution in [0.2, 0.25) is 0 Å². The number of fused-ring (bicyclic) bond motifs is 3. The summed E-state index contributed by atoms with van der Waals surface area (Å²) >= 11 is 0. The van der Waals surface area contributed by atoms with Gasteiger partial charge in [0.15, 0.2) is 0 Å². The molecule has 2 saturated carbocycles. The Morgan fingerprint density at radius 1 is 1.25 bits per heavy atom. The Morgan fingerprint density at radius 2 is 2.20 bits per heavy atom. The van der Waals surface area contributed by atoms with E-state index in [0.29, 0.717) is 0 Å². The normalized spacial score (nSPS) is 31.4. The van der Waals surface area contributed by atoms with E-state index in [1.165, 1.54) is 44.3 Å². The number of rotatable bonds is 3. The molecule has 2 nitrogen and oxygen atoms in total. The van der Waals surface area contributed by atoms with E-state index in [4.69, 9.17) is 0 Å². The van der Waals surface area contributed by atoms with Crippen LogP contribution in [0.15, 0.2) is 18.2 Å². The van der Waals surface area contributed by atoms with Gasteiger partial charge in [0.25, 0.3) is 0 Å². The van der Waals surface area contributed by atoms with Crippen LogP contribution in [0.1, 0.15) is 36.8 Å². The summed E-state index contributed by atoms with van der Waals surface area (Å²) in [5, 5.41) is 3.53. The summed E-state index contributed by atoms with van der Waals surface area (Å²) in [5.41, 5.74) is 4.57. The van der Waals surface area contributed by atoms with E-state index in [1.807, 2.05) is 0 Å². The molecular formula is C18H26N2. The zero-order chi connectivity index (χ0) is 13.5. The van der Waals surface area contributed by atoms with E-state index in [2.05, 4.69) is 35.5 Å². The number of nitrogens with zero attached hydrogens (tertiary/aromatic N) is 1. The Kier molecular flexibility index (Phi) is 3.22. The minimum Gasteiger partial charge on any atom is -0.374 e. The van der Waals surface area contributed by atoms with E-state index in [-0.39, 0.29) is 0 Å². The van der Waals surface area contributed by atoms with E-state index < -0.39 is 0 Å². The molecule has 1 aromatic rings. The molecule has 1 N–H and O–H groups in total. The third-order valence-corrected chi connectivity index (χ3v) is 5.93. The Bertz CT molecular complexity index is 496. The molecule has 2 aliphatic carbocycles. The maximum atomic E-state index is 3.53. The summed E-state index contributed by atoms with van der Waals surface area (Å²) < 4.78 is 0. The topological polar surface area (TPSA) is 15.3 Å². The van der Waals surface area contributed by atoms with Crippen molar-refractivity contribution in [2.75, 3.05) is 25.0 Å². The van der Waals surface area contributed by atoms with Crippen LogP contribution in [0.3, 0.4) is 0 Å². The number of nitrogens with one attached hydrogen (secondary N) is 1. The van der Waals surface area contributed by atoms with Gasteiger partial charge in [-0.3, -0.25) is 0 Å². The molecule has 1 aliphatic heterocycles. The van der Waals surface area contributed by atoms with Gasteiger partial charge in [-0.25, -0.2) is 0 Å². The van der Waals surface area contributed by atoms with Crippen molar-refractivity contribution in [2.45, 2.75) is 38.6 Å². The van der Waals surface area contributed by atoms with Crippen molar-refractivity contribution < 1.29 is 0 Å². The predicted molar refractivity (Wildman–Crippen MR) is 84.1 cm³/mol. The largest absolute Gasteiger partial charge is 0.374 e. The molecule has 1 heterocycles. The fraction of sp³-hybridized carbons (Fsp3) is 0.667. The highest BCUT2D eigenvalue weighted by Gasteiger charge is 2.39. The molecule has 108 valence electrons. The Labute approximate surface area is 122 Å². The molecule has 2 bridgehead atoms. The first-order valence-electron chi connectivity index (χ1n) is 8.34. The molecule has 0 aromatic heterocycles. The molecule has 3 unspecified atom stereocenters. The molecule has 2 heteroatoms. The van der Waals surface area contributed by atoms with Crippen LogP contribution in [0.4, 0.5) is 5.69 Å². The number of benzene rings is 1. The smallest absolute Gasteiger partial charge is 0.0412 e. The summed E-state index contributed by atoms with van der Waals surface area (Å²) in [6.45, 7) is 3.44. The van der Waals surface area contributed by atoms with Crippen LogP contribution in [-0.4, -0.2) is 20.1 Å². The van der Waals surface area contributed by atoms with Gasteiger partial charge in [0.1, 0.15) is 0 Å². The number of hydrogen-bond acceptors (Lipinski definition) is 2. The minimum absolute atomic E-state index is 0.950. The van der Waals surface area contributed by atoms with Crippen LogP contribution in [0, 0.1) is 17.8 Å². The highest BCUT2D eigenvalue weighted by molar-refractivity contribution is 5.57. The minimum atomic E-state index is 0.950. The average molecular weight is 270 g/mol. The third-order valence-electron chi connectivity index (χ3n) is 5.93. The Morgan fingerprint density at radius 3 is 3.00 bits per heavy atom. The quantitative estimate of drug-likeness (QED) is 0.907. The highest BCUT2D eigenvalue weighted by atomic mass is 15.1. The molecule has 0 amide bonds. The first kappa shape index (κ1) is 12.7. The van der Waals surface area contributed by atoms with Gasteiger partial charge >= 0.3 is 0 Å². The van der Waals surface area contributed by atoms with Crippen LogP contribution >= 0.6 is 0 Å². The summed E-state index contributed by atoms with van der Waals surface area (Å²) in [5.74, 6) is 3.04. The van der Waals surface area contributed by atoms with Crippen LogP contribution in [0.5, 0.6) is 0 Å². The second-order valence-corrected chi connectivity index (χ2v) is 7.16. The second kappa shape index (κ2) is 5.07. The van der Waals surface area contributed by atoms with Crippen LogP contribution in [0.25, 0.3) is 0 Å². The Balaban J connectivity index is 1.52. The Hall–Kier alpha value is -1.02. The van der Waals surface area contributed by atoms with E-state index >= 15 is 0 Å². The van der Waals surface area contributed by atoms with Gasteiger partial charge in [0.2, 0.25) is 0 Å². The molecule has 3 aliphatic rings. The van der Waals surface area contributed by atoms with Gasteiger partial charge < -0.3 is 10.2 Å². The number of anilines is 1. The van der Waals surface area contributed by atoms with Gasteiger partial charge in [0.05, 0.1) is 0 Å². The summed E-state index contributed by atoms with van der Waals surface area (Å²) in [4.78, 5) is 2.54. The van der Waals surface area contributed by atoms with Gasteiger partial charge in [-0.1, -0.05) is 18.6 Å². The molecular weight excluding hydrogens is 244 g/mol. The highest BCUT2D eigenvalue weighted by Crippen LogP contribution is 2.48. The fourth-order valence-electron chi connectivity index (χ4n) is 4.90. The molecule has 2 fully saturated rings. The van der Waals surface area contributed by atoms with Crippen molar-refractivity contribution in [3.63, 3.8) is 0 Å². The molecule has 3 atom stereocenters. The lowest BCUT2D eigenvalue weighted by atomic mass is 9.88. The van der Waals surface area contributed by atoms with Gasteiger partial charge in [-0.05, 0) is 67.2 Å². The zero-order valence-corrected chi connectivity index (χ0v) is 12.6. The zero-order valence-electron chi connectivity index (χ0n) is 12.6. The van der Waals surface area contributed by atoms with Crippen LogP contribution < -0.4 is 10.2 Å². The third kappa shape index (κ3) is 2.14. The van der Waals surface area contributed by atoms with Gasteiger partial charge in [0, 0.05) is 25.8 Å². The van der Waals surface area contributed by atoms with Crippen molar-refractivity contribution in [3.05, 3.63) is 29.3 Å². The van der Waals surface area contributed by atoms with Crippen molar-refractivity contribution in [2.24, 2.45) is 17.8 Å². The average Bonchev–Trinajstić information content (AvgIpc) is 3.09. The standard InChI is InChI=1S/C18H26N2/c1-20(12-16-10-13-5-6-15(16)9-13)18-4-2-3-14-7-8-19-11-17(14)18/h2-4,13,15-16,19H,5-12H2,1H3. The second-order valence-electron chi connectivity index (χ2n) is 7.16. The van der Waals surface area contributed by atoms with E-state index in [9.17, 15) is 0 Å². The molecule has 1 aromatic carbocycles. The molecule has 0 saturated heterocycles. The summed E-state index contributed by atoms with van der Waals surface area (Å²) in [7, 11) is 2.30. The fourth-order valence-corrected chi connectivity index (χ4v) is 4.90. The molecule has 4 rings (SSSR count). The lowest BCUT2D eigenvalue weighted by Crippen LogP contribution is -2.31. The van der Waals surface area contributed by atoms with Crippen molar-refractivity contribution in [1.29, 1.82) is 0 Å². The van der Waals surface area contributed by atoms with E-state index in [1.54, 1.807) is 11.1 Å². The first-order chi connectivity index (χ1) is 9.81. The van der Waals surface area contributed by atoms with Gasteiger partial charge in [-0.2, -0.15) is 0 Å². The molecule has 20 heavy (non-hydrogen) atoms. The number of hydrogen-bond donors (Lipinski definition) is 1. The maximum absolute atomic E-state index is 3.53.